The van der Waals surface area contributed by atoms with Gasteiger partial charge in [0.15, 0.2) is 0 Å². The average molecular weight is 369 g/mol. The zero-order chi connectivity index (χ0) is 13.1. The van der Waals surface area contributed by atoms with Gasteiger partial charge in [0.2, 0.25) is 0 Å². The van der Waals surface area contributed by atoms with Gasteiger partial charge in [-0.15, -0.1) is 0 Å². The summed E-state index contributed by atoms with van der Waals surface area (Å²) in [6.07, 6.45) is 0. The summed E-state index contributed by atoms with van der Waals surface area (Å²) in [7, 11) is 0. The maximum absolute atomic E-state index is 12.1. The third-order valence-corrected chi connectivity index (χ3v) is 3.64. The van der Waals surface area contributed by atoms with Crippen LogP contribution in [0.15, 0.2) is 51.4 Å². The van der Waals surface area contributed by atoms with E-state index in [1.165, 1.54) is 0 Å². The highest BCUT2D eigenvalue weighted by Gasteiger charge is 2.08. The lowest BCUT2D eigenvalue weighted by molar-refractivity contribution is 0.102. The zero-order valence-corrected chi connectivity index (χ0v) is 12.9. The lowest BCUT2D eigenvalue weighted by Crippen LogP contribution is -2.12. The molecule has 0 aromatic heterocycles. The SMILES string of the molecule is Cc1cccc(C(=O)Nc2cc(Br)ccc2Br)c1. The maximum atomic E-state index is 12.1. The van der Waals surface area contributed by atoms with Crippen LogP contribution in [0.1, 0.15) is 15.9 Å². The van der Waals surface area contributed by atoms with Crippen molar-refractivity contribution in [3.63, 3.8) is 0 Å². The standard InChI is InChI=1S/C14H11Br2NO/c1-9-3-2-4-10(7-9)14(18)17-13-8-11(15)5-6-12(13)16/h2-8H,1H3,(H,17,18). The first-order valence-electron chi connectivity index (χ1n) is 5.39. The molecule has 2 nitrogen and oxygen atoms in total. The van der Waals surface area contributed by atoms with E-state index in [9.17, 15) is 4.79 Å². The van der Waals surface area contributed by atoms with Crippen molar-refractivity contribution in [1.82, 2.24) is 0 Å². The first-order chi connectivity index (χ1) is 8.56. The van der Waals surface area contributed by atoms with Crippen LogP contribution in [0.4, 0.5) is 5.69 Å². The highest BCUT2D eigenvalue weighted by Crippen LogP contribution is 2.26. The first kappa shape index (κ1) is 13.3. The molecule has 0 atom stereocenters. The van der Waals surface area contributed by atoms with E-state index in [2.05, 4.69) is 37.2 Å². The molecule has 2 aromatic rings. The summed E-state index contributed by atoms with van der Waals surface area (Å²) >= 11 is 6.79. The van der Waals surface area contributed by atoms with Crippen LogP contribution in [0.25, 0.3) is 0 Å². The minimum absolute atomic E-state index is 0.113. The zero-order valence-electron chi connectivity index (χ0n) is 9.71. The molecule has 18 heavy (non-hydrogen) atoms. The molecule has 0 bridgehead atoms. The molecule has 0 unspecified atom stereocenters. The van der Waals surface area contributed by atoms with Crippen LogP contribution in [0, 0.1) is 6.92 Å². The van der Waals surface area contributed by atoms with Gasteiger partial charge >= 0.3 is 0 Å². The van der Waals surface area contributed by atoms with E-state index in [0.29, 0.717) is 5.56 Å². The Labute approximate surface area is 123 Å². The molecule has 0 saturated heterocycles. The highest BCUT2D eigenvalue weighted by molar-refractivity contribution is 9.11. The monoisotopic (exact) mass is 367 g/mol. The minimum atomic E-state index is -0.113. The van der Waals surface area contributed by atoms with Crippen LogP contribution in [0.2, 0.25) is 0 Å². The average Bonchev–Trinajstić information content (AvgIpc) is 2.34. The molecule has 4 heteroatoms. The highest BCUT2D eigenvalue weighted by atomic mass is 79.9. The molecule has 0 aliphatic heterocycles. The second kappa shape index (κ2) is 5.67. The van der Waals surface area contributed by atoms with Crippen molar-refractivity contribution >= 4 is 43.5 Å². The summed E-state index contributed by atoms with van der Waals surface area (Å²) in [6.45, 7) is 1.96. The molecule has 2 aromatic carbocycles. The number of halogens is 2. The summed E-state index contributed by atoms with van der Waals surface area (Å²) in [5.41, 5.74) is 2.47. The third-order valence-electron chi connectivity index (χ3n) is 2.46. The van der Waals surface area contributed by atoms with Crippen molar-refractivity contribution in [2.75, 3.05) is 5.32 Å². The van der Waals surface area contributed by atoms with Crippen molar-refractivity contribution in [1.29, 1.82) is 0 Å². The number of anilines is 1. The lowest BCUT2D eigenvalue weighted by atomic mass is 10.1. The Kier molecular flexibility index (Phi) is 4.19. The summed E-state index contributed by atoms with van der Waals surface area (Å²) < 4.78 is 1.77. The van der Waals surface area contributed by atoms with E-state index >= 15 is 0 Å². The molecule has 1 N–H and O–H groups in total. The molecule has 0 aliphatic carbocycles. The van der Waals surface area contributed by atoms with Crippen LogP contribution in [0.3, 0.4) is 0 Å². The largest absolute Gasteiger partial charge is 0.321 e. The van der Waals surface area contributed by atoms with Gasteiger partial charge in [-0.25, -0.2) is 0 Å². The maximum Gasteiger partial charge on any atom is 0.255 e. The molecular formula is C14H11Br2NO. The summed E-state index contributed by atoms with van der Waals surface area (Å²) in [6, 6.07) is 13.2. The number of amides is 1. The van der Waals surface area contributed by atoms with Crippen molar-refractivity contribution in [3.8, 4) is 0 Å². The fraction of sp³-hybridized carbons (Fsp3) is 0.0714. The molecule has 0 heterocycles. The molecule has 2 rings (SSSR count). The smallest absolute Gasteiger partial charge is 0.255 e. The first-order valence-corrected chi connectivity index (χ1v) is 6.98. The number of nitrogens with one attached hydrogen (secondary N) is 1. The summed E-state index contributed by atoms with van der Waals surface area (Å²) in [4.78, 5) is 12.1. The van der Waals surface area contributed by atoms with Crippen molar-refractivity contribution < 1.29 is 4.79 Å². The summed E-state index contributed by atoms with van der Waals surface area (Å²) in [5, 5.41) is 2.88. The Morgan fingerprint density at radius 3 is 2.61 bits per heavy atom. The third kappa shape index (κ3) is 3.21. The van der Waals surface area contributed by atoms with E-state index in [1.807, 2.05) is 43.3 Å². The number of hydrogen-bond donors (Lipinski definition) is 1. The molecule has 0 saturated carbocycles. The van der Waals surface area contributed by atoms with Gasteiger partial charge in [0, 0.05) is 14.5 Å². The predicted octanol–water partition coefficient (Wildman–Crippen LogP) is 4.77. The number of carbonyl (C=O) groups excluding carboxylic acids is 1. The van der Waals surface area contributed by atoms with Crippen molar-refractivity contribution in [3.05, 3.63) is 62.5 Å². The second-order valence-corrected chi connectivity index (χ2v) is 5.72. The number of benzene rings is 2. The fourth-order valence-corrected chi connectivity index (χ4v) is 2.28. The second-order valence-electron chi connectivity index (χ2n) is 3.95. The molecule has 1 amide bonds. The molecular weight excluding hydrogens is 358 g/mol. The van der Waals surface area contributed by atoms with E-state index in [4.69, 9.17) is 0 Å². The van der Waals surface area contributed by atoms with Crippen LogP contribution >= 0.6 is 31.9 Å². The Morgan fingerprint density at radius 1 is 1.11 bits per heavy atom. The topological polar surface area (TPSA) is 29.1 Å². The quantitative estimate of drug-likeness (QED) is 0.812. The van der Waals surface area contributed by atoms with E-state index in [0.717, 1.165) is 20.2 Å². The van der Waals surface area contributed by atoms with Gasteiger partial charge in [0.1, 0.15) is 0 Å². The van der Waals surface area contributed by atoms with Crippen molar-refractivity contribution in [2.45, 2.75) is 6.92 Å². The summed E-state index contributed by atoms with van der Waals surface area (Å²) in [5.74, 6) is -0.113. The van der Waals surface area contributed by atoms with Gasteiger partial charge in [-0.05, 0) is 53.2 Å². The van der Waals surface area contributed by atoms with Gasteiger partial charge in [-0.1, -0.05) is 33.6 Å². The molecule has 0 spiro atoms. The number of carbonyl (C=O) groups is 1. The Hall–Kier alpha value is -1.13. The van der Waals surface area contributed by atoms with E-state index in [-0.39, 0.29) is 5.91 Å². The molecule has 92 valence electrons. The normalized spacial score (nSPS) is 10.2. The van der Waals surface area contributed by atoms with Gasteiger partial charge in [0.05, 0.1) is 5.69 Å². The van der Waals surface area contributed by atoms with Crippen LogP contribution in [-0.2, 0) is 0 Å². The fourth-order valence-electron chi connectivity index (χ4n) is 1.57. The van der Waals surface area contributed by atoms with Gasteiger partial charge in [0.25, 0.3) is 5.91 Å². The Morgan fingerprint density at radius 2 is 1.89 bits per heavy atom. The number of rotatable bonds is 2. The van der Waals surface area contributed by atoms with Crippen molar-refractivity contribution in [2.24, 2.45) is 0 Å². The number of hydrogen-bond acceptors (Lipinski definition) is 1. The predicted molar refractivity (Wildman–Crippen MR) is 81.0 cm³/mol. The van der Waals surface area contributed by atoms with Gasteiger partial charge < -0.3 is 5.32 Å². The van der Waals surface area contributed by atoms with Crippen LogP contribution in [0.5, 0.6) is 0 Å². The number of aryl methyl sites for hydroxylation is 1. The minimum Gasteiger partial charge on any atom is -0.321 e. The lowest BCUT2D eigenvalue weighted by Gasteiger charge is -2.08. The van der Waals surface area contributed by atoms with Crippen LogP contribution in [-0.4, -0.2) is 5.91 Å². The van der Waals surface area contributed by atoms with Gasteiger partial charge in [-0.2, -0.15) is 0 Å². The Balaban J connectivity index is 2.24. The molecule has 0 fully saturated rings. The Bertz CT molecular complexity index is 596. The van der Waals surface area contributed by atoms with Gasteiger partial charge in [-0.3, -0.25) is 4.79 Å². The molecule has 0 radical (unpaired) electrons. The van der Waals surface area contributed by atoms with E-state index < -0.39 is 0 Å². The molecule has 0 aliphatic rings. The van der Waals surface area contributed by atoms with Crippen LogP contribution < -0.4 is 5.32 Å². The van der Waals surface area contributed by atoms with E-state index in [1.54, 1.807) is 6.07 Å².